The molecule has 0 saturated carbocycles. The van der Waals surface area contributed by atoms with Gasteiger partial charge in [0.15, 0.2) is 0 Å². The second kappa shape index (κ2) is 4.30. The van der Waals surface area contributed by atoms with Gasteiger partial charge in [0.25, 0.3) is 0 Å². The predicted molar refractivity (Wildman–Crippen MR) is 109 cm³/mol. The van der Waals surface area contributed by atoms with Gasteiger partial charge < -0.3 is 0 Å². The van der Waals surface area contributed by atoms with Gasteiger partial charge in [0.2, 0.25) is 0 Å². The molecule has 0 spiro atoms. The van der Waals surface area contributed by atoms with Crippen molar-refractivity contribution in [3.63, 3.8) is 0 Å². The molecule has 0 fully saturated rings. The Balaban J connectivity index is 1.91. The Morgan fingerprint density at radius 1 is 0.708 bits per heavy atom. The van der Waals surface area contributed by atoms with Crippen molar-refractivity contribution >= 4 is 6.88 Å². The van der Waals surface area contributed by atoms with Gasteiger partial charge >= 0.3 is 145 Å². The summed E-state index contributed by atoms with van der Waals surface area (Å²) in [6.45, 7) is 2.49. The molecule has 0 amide bonds. The van der Waals surface area contributed by atoms with E-state index in [1.165, 1.54) is 51.4 Å². The van der Waals surface area contributed by atoms with Crippen molar-refractivity contribution in [3.05, 3.63) is 46.6 Å². The van der Waals surface area contributed by atoms with Gasteiger partial charge in [-0.05, 0) is 0 Å². The van der Waals surface area contributed by atoms with Crippen LogP contribution in [0.3, 0.4) is 0 Å². The fourth-order valence-electron chi connectivity index (χ4n) is 6.70. The zero-order chi connectivity index (χ0) is 17.3. The van der Waals surface area contributed by atoms with E-state index in [9.17, 15) is 0 Å². The molecule has 0 aliphatic heterocycles. The summed E-state index contributed by atoms with van der Waals surface area (Å²) < 4.78 is 12.6. The van der Waals surface area contributed by atoms with Gasteiger partial charge in [-0.2, -0.15) is 0 Å². The molecule has 2 unspecified atom stereocenters. The van der Waals surface area contributed by atoms with Crippen LogP contribution < -0.4 is 0 Å². The van der Waals surface area contributed by atoms with Crippen LogP contribution in [0.5, 0.6) is 0 Å². The first-order valence-corrected chi connectivity index (χ1v) is 28.9. The summed E-state index contributed by atoms with van der Waals surface area (Å²) in [5.41, 5.74) is 7.09. The summed E-state index contributed by atoms with van der Waals surface area (Å²) in [6, 6.07) is 0. The average Bonchev–Trinajstić information content (AvgIpc) is 3.11. The van der Waals surface area contributed by atoms with E-state index in [4.69, 9.17) is 0 Å². The average molecular weight is 420 g/mol. The molecule has 2 atom stereocenters. The molecule has 0 N–H and O–H groups in total. The Kier molecular flexibility index (Phi) is 3.13. The van der Waals surface area contributed by atoms with Crippen LogP contribution in [0.25, 0.3) is 0 Å². The third kappa shape index (κ3) is 2.38. The summed E-state index contributed by atoms with van der Waals surface area (Å²) in [5.74, 6) is 0. The molecule has 24 heavy (non-hydrogen) atoms. The summed E-state index contributed by atoms with van der Waals surface area (Å²) in [6.07, 6.45) is 21.3. The second-order valence-electron chi connectivity index (χ2n) is 13.5. The van der Waals surface area contributed by atoms with Gasteiger partial charge in [-0.25, -0.2) is 0 Å². The third-order valence-corrected chi connectivity index (χ3v) is 32.1. The molecule has 4 aliphatic rings. The van der Waals surface area contributed by atoms with Crippen LogP contribution in [0.15, 0.2) is 46.6 Å². The molecule has 0 nitrogen and oxygen atoms in total. The zero-order valence-corrected chi connectivity index (χ0v) is 20.2. The van der Waals surface area contributed by atoms with E-state index in [1.54, 1.807) is 11.1 Å². The third-order valence-electron chi connectivity index (χ3n) is 8.13. The maximum absolute atomic E-state index is 4.04. The Morgan fingerprint density at radius 2 is 1.08 bits per heavy atom. The predicted octanol–water partition coefficient (Wildman–Crippen LogP) is 6.95. The monoisotopic (exact) mass is 418 g/mol. The zero-order valence-electron chi connectivity index (χ0n) is 16.3. The molecule has 0 aromatic carbocycles. The SMILES string of the molecule is [CH3][Zr]([CH3])([CH3])([CH3])(=[SiH2])([CH]1C=CC2=C1CCCC2)[CH]1C=CC2=C1CCCC2. The summed E-state index contributed by atoms with van der Waals surface area (Å²) in [5, 5.41) is 0. The molecule has 2 heteroatoms. The first-order valence-electron chi connectivity index (χ1n) is 10.3. The molecule has 0 bridgehead atoms. The van der Waals surface area contributed by atoms with E-state index in [2.05, 4.69) is 49.7 Å². The molecule has 0 radical (unpaired) electrons. The molecule has 132 valence electrons. The number of hydrogen-bond acceptors (Lipinski definition) is 0. The van der Waals surface area contributed by atoms with Crippen molar-refractivity contribution in [1.29, 1.82) is 0 Å². The molecular weight excluding hydrogens is 384 g/mol. The number of hydrogen-bond donors (Lipinski definition) is 0. The van der Waals surface area contributed by atoms with Gasteiger partial charge in [0.05, 0.1) is 0 Å². The molecule has 4 rings (SSSR count). The Morgan fingerprint density at radius 3 is 1.50 bits per heavy atom. The van der Waals surface area contributed by atoms with Crippen LogP contribution in [0.4, 0.5) is 0 Å². The molecule has 0 saturated heterocycles. The van der Waals surface area contributed by atoms with Gasteiger partial charge in [-0.3, -0.25) is 0 Å². The molecule has 0 aromatic heterocycles. The Bertz CT molecular complexity index is 789. The molecule has 4 aliphatic carbocycles. The fraction of sp³-hybridized carbons (Fsp3) is 0.636. The van der Waals surface area contributed by atoms with Crippen molar-refractivity contribution in [2.45, 2.75) is 77.1 Å². The Labute approximate surface area is 144 Å². The van der Waals surface area contributed by atoms with E-state index < -0.39 is 14.4 Å². The minimum atomic E-state index is -4.04. The van der Waals surface area contributed by atoms with Crippen LogP contribution >= 0.6 is 0 Å². The summed E-state index contributed by atoms with van der Waals surface area (Å²) in [4.78, 5) is 0. The van der Waals surface area contributed by atoms with E-state index >= 15 is 0 Å². The minimum absolute atomic E-state index is 0.721. The standard InChI is InChI=1S/2C9H11.4CH3.H2Si.Zr/c2*1-2-5-9-7-3-6-8(9)4-1;;;;;;/h2*3,6-7H,1-2,4-5H2;4*1H3;1H2;. The normalized spacial score (nSPS) is 34.4. The first kappa shape index (κ1) is 17.5. The van der Waals surface area contributed by atoms with Gasteiger partial charge in [-0.1, -0.05) is 0 Å². The van der Waals surface area contributed by atoms with Crippen LogP contribution in [0.1, 0.15) is 51.4 Å². The van der Waals surface area contributed by atoms with Crippen molar-refractivity contribution in [3.8, 4) is 0 Å². The van der Waals surface area contributed by atoms with E-state index in [-0.39, 0.29) is 0 Å². The van der Waals surface area contributed by atoms with Crippen molar-refractivity contribution in [1.82, 2.24) is 0 Å². The molecule has 0 aromatic rings. The van der Waals surface area contributed by atoms with Crippen molar-refractivity contribution in [2.24, 2.45) is 0 Å². The van der Waals surface area contributed by atoms with Crippen LogP contribution in [0, 0.1) is 0 Å². The Hall–Kier alpha value is 0.0600. The van der Waals surface area contributed by atoms with Crippen LogP contribution in [0.2, 0.25) is 25.8 Å². The van der Waals surface area contributed by atoms with Crippen LogP contribution in [-0.4, -0.2) is 6.88 Å². The van der Waals surface area contributed by atoms with Gasteiger partial charge in [-0.15, -0.1) is 0 Å². The second-order valence-corrected chi connectivity index (χ2v) is 74.0. The molecular formula is C22H36SiZr. The quantitative estimate of drug-likeness (QED) is 0.425. The van der Waals surface area contributed by atoms with Crippen molar-refractivity contribution < 1.29 is 14.4 Å². The molecule has 0 heterocycles. The summed E-state index contributed by atoms with van der Waals surface area (Å²) >= 11 is -4.04. The van der Waals surface area contributed by atoms with E-state index in [1.807, 2.05) is 11.1 Å². The van der Waals surface area contributed by atoms with Gasteiger partial charge in [0, 0.05) is 0 Å². The maximum atomic E-state index is 2.79. The van der Waals surface area contributed by atoms with E-state index in [0.29, 0.717) is 0 Å². The van der Waals surface area contributed by atoms with Crippen LogP contribution in [-0.2, 0) is 14.4 Å². The van der Waals surface area contributed by atoms with Crippen molar-refractivity contribution in [2.75, 3.05) is 0 Å². The fourth-order valence-corrected chi connectivity index (χ4v) is 28.3. The number of allylic oxidation sites excluding steroid dienone is 8. The topological polar surface area (TPSA) is 0 Å². The van der Waals surface area contributed by atoms with E-state index in [0.717, 1.165) is 7.25 Å². The summed E-state index contributed by atoms with van der Waals surface area (Å²) in [7, 11) is 0. The van der Waals surface area contributed by atoms with Gasteiger partial charge in [0.1, 0.15) is 0 Å². The number of rotatable bonds is 2. The first-order chi connectivity index (χ1) is 10.9.